The van der Waals surface area contributed by atoms with E-state index in [1.54, 1.807) is 4.90 Å². The first-order valence-corrected chi connectivity index (χ1v) is 9.09. The second-order valence-electron chi connectivity index (χ2n) is 5.27. The molecule has 0 atom stereocenters. The van der Waals surface area contributed by atoms with Crippen molar-refractivity contribution in [2.24, 2.45) is 0 Å². The highest BCUT2D eigenvalue weighted by atomic mass is 32.2. The van der Waals surface area contributed by atoms with Gasteiger partial charge in [0.25, 0.3) is 0 Å². The van der Waals surface area contributed by atoms with Gasteiger partial charge >= 0.3 is 0 Å². The van der Waals surface area contributed by atoms with Crippen LogP contribution in [0.3, 0.4) is 0 Å². The molecule has 2 N–H and O–H groups in total. The van der Waals surface area contributed by atoms with Crippen molar-refractivity contribution in [2.75, 3.05) is 38.7 Å². The summed E-state index contributed by atoms with van der Waals surface area (Å²) in [5.41, 5.74) is 0.480. The molecule has 0 spiro atoms. The smallest absolute Gasteiger partial charge is 0.240 e. The molecule has 0 unspecified atom stereocenters. The third kappa shape index (κ3) is 5.02. The topological polar surface area (TPSA) is 105 Å². The van der Waals surface area contributed by atoms with E-state index in [1.807, 2.05) is 0 Å². The minimum absolute atomic E-state index is 0.0658. The molecule has 0 bridgehead atoms. The van der Waals surface area contributed by atoms with Gasteiger partial charge in [-0.25, -0.2) is 13.1 Å². The molecule has 132 valence electrons. The van der Waals surface area contributed by atoms with Crippen LogP contribution in [0.1, 0.15) is 12.8 Å². The Kier molecular flexibility index (Phi) is 6.29. The van der Waals surface area contributed by atoms with E-state index >= 15 is 0 Å². The van der Waals surface area contributed by atoms with E-state index < -0.39 is 10.0 Å². The molecule has 2 amide bonds. The highest BCUT2D eigenvalue weighted by molar-refractivity contribution is 7.89. The van der Waals surface area contributed by atoms with Crippen LogP contribution < -0.4 is 10.0 Å². The van der Waals surface area contributed by atoms with Gasteiger partial charge < -0.3 is 15.0 Å². The van der Waals surface area contributed by atoms with E-state index in [4.69, 9.17) is 4.74 Å². The molecule has 0 saturated carbocycles. The predicted molar refractivity (Wildman–Crippen MR) is 88.0 cm³/mol. The van der Waals surface area contributed by atoms with Crippen LogP contribution in [-0.2, 0) is 24.3 Å². The molecule has 1 aliphatic rings. The van der Waals surface area contributed by atoms with E-state index in [9.17, 15) is 18.0 Å². The van der Waals surface area contributed by atoms with Crippen LogP contribution in [0.4, 0.5) is 5.69 Å². The Labute approximate surface area is 141 Å². The minimum atomic E-state index is -3.50. The van der Waals surface area contributed by atoms with Crippen molar-refractivity contribution in [3.05, 3.63) is 24.3 Å². The zero-order valence-electron chi connectivity index (χ0n) is 13.4. The molecule has 1 fully saturated rings. The fourth-order valence-electron chi connectivity index (χ4n) is 2.25. The average Bonchev–Trinajstić information content (AvgIpc) is 2.61. The van der Waals surface area contributed by atoms with Gasteiger partial charge in [-0.05, 0) is 31.3 Å². The monoisotopic (exact) mass is 355 g/mol. The summed E-state index contributed by atoms with van der Waals surface area (Å²) in [5.74, 6) is -0.357. The van der Waals surface area contributed by atoms with E-state index in [2.05, 4.69) is 10.0 Å². The van der Waals surface area contributed by atoms with Crippen molar-refractivity contribution < 1.29 is 22.7 Å². The lowest BCUT2D eigenvalue weighted by atomic mass is 10.2. The molecule has 9 heteroatoms. The Morgan fingerprint density at radius 1 is 1.12 bits per heavy atom. The average molecular weight is 355 g/mol. The van der Waals surface area contributed by atoms with Gasteiger partial charge in [0.15, 0.2) is 0 Å². The standard InChI is InChI=1S/C15H21N3O5S/c1-16-24(21,22)13-4-2-12(3-5-13)17-14(19)6-7-15(20)18-8-10-23-11-9-18/h2-5,16H,6-11H2,1H3,(H,17,19). The maximum atomic E-state index is 12.0. The summed E-state index contributed by atoms with van der Waals surface area (Å²) in [5, 5.41) is 2.65. The lowest BCUT2D eigenvalue weighted by Crippen LogP contribution is -2.40. The molecule has 1 heterocycles. The van der Waals surface area contributed by atoms with Crippen molar-refractivity contribution in [1.82, 2.24) is 9.62 Å². The Hall–Kier alpha value is -1.97. The number of hydrogen-bond acceptors (Lipinski definition) is 5. The summed E-state index contributed by atoms with van der Waals surface area (Å²) in [7, 11) is -2.17. The number of nitrogens with one attached hydrogen (secondary N) is 2. The zero-order chi connectivity index (χ0) is 17.6. The fourth-order valence-corrected chi connectivity index (χ4v) is 2.98. The van der Waals surface area contributed by atoms with Crippen LogP contribution in [0.25, 0.3) is 0 Å². The molecule has 24 heavy (non-hydrogen) atoms. The molecule has 0 radical (unpaired) electrons. The van der Waals surface area contributed by atoms with Crippen molar-refractivity contribution in [3.63, 3.8) is 0 Å². The van der Waals surface area contributed by atoms with Gasteiger partial charge in [-0.1, -0.05) is 0 Å². The number of rotatable bonds is 6. The third-order valence-electron chi connectivity index (χ3n) is 3.65. The second kappa shape index (κ2) is 8.22. The Bertz CT molecular complexity index is 682. The lowest BCUT2D eigenvalue weighted by Gasteiger charge is -2.26. The van der Waals surface area contributed by atoms with E-state index in [1.165, 1.54) is 31.3 Å². The van der Waals surface area contributed by atoms with Crippen LogP contribution in [0.5, 0.6) is 0 Å². The SMILES string of the molecule is CNS(=O)(=O)c1ccc(NC(=O)CCC(=O)N2CCOCC2)cc1. The van der Waals surface area contributed by atoms with Crippen molar-refractivity contribution in [1.29, 1.82) is 0 Å². The molecule has 0 aromatic heterocycles. The first kappa shape index (κ1) is 18.4. The molecule has 8 nitrogen and oxygen atoms in total. The van der Waals surface area contributed by atoms with E-state index in [0.717, 1.165) is 0 Å². The summed E-state index contributed by atoms with van der Waals surface area (Å²) in [6, 6.07) is 5.82. The molecule has 1 aromatic rings. The Morgan fingerprint density at radius 3 is 2.33 bits per heavy atom. The van der Waals surface area contributed by atoms with Crippen LogP contribution in [0, 0.1) is 0 Å². The number of anilines is 1. The highest BCUT2D eigenvalue weighted by Gasteiger charge is 2.17. The predicted octanol–water partition coefficient (Wildman–Crippen LogP) is 0.172. The van der Waals surface area contributed by atoms with Gasteiger partial charge in [-0.15, -0.1) is 0 Å². The first-order chi connectivity index (χ1) is 11.4. The van der Waals surface area contributed by atoms with Gasteiger partial charge in [0.2, 0.25) is 21.8 Å². The quantitative estimate of drug-likeness (QED) is 0.757. The molecule has 1 aliphatic heterocycles. The number of hydrogen-bond donors (Lipinski definition) is 2. The number of benzene rings is 1. The molecule has 0 aliphatic carbocycles. The maximum absolute atomic E-state index is 12.0. The molecular weight excluding hydrogens is 334 g/mol. The largest absolute Gasteiger partial charge is 0.378 e. The van der Waals surface area contributed by atoms with Crippen LogP contribution in [0.2, 0.25) is 0 Å². The van der Waals surface area contributed by atoms with Crippen LogP contribution in [-0.4, -0.2) is 58.5 Å². The molecular formula is C15H21N3O5S. The van der Waals surface area contributed by atoms with Crippen LogP contribution in [0.15, 0.2) is 29.2 Å². The number of amides is 2. The summed E-state index contributed by atoms with van der Waals surface area (Å²) in [6.07, 6.45) is 0.213. The van der Waals surface area contributed by atoms with Crippen LogP contribution >= 0.6 is 0 Å². The summed E-state index contributed by atoms with van der Waals surface area (Å²) < 4.78 is 30.6. The molecule has 1 saturated heterocycles. The number of morpholine rings is 1. The molecule has 2 rings (SSSR count). The van der Waals surface area contributed by atoms with Gasteiger partial charge in [-0.2, -0.15) is 0 Å². The summed E-state index contributed by atoms with van der Waals surface area (Å²) in [4.78, 5) is 25.7. The van der Waals surface area contributed by atoms with E-state index in [-0.39, 0.29) is 29.6 Å². The lowest BCUT2D eigenvalue weighted by molar-refractivity contribution is -0.136. The van der Waals surface area contributed by atoms with Gasteiger partial charge in [-0.3, -0.25) is 9.59 Å². The zero-order valence-corrected chi connectivity index (χ0v) is 14.3. The number of ether oxygens (including phenoxy) is 1. The van der Waals surface area contributed by atoms with Crippen molar-refractivity contribution >= 4 is 27.5 Å². The van der Waals surface area contributed by atoms with Gasteiger partial charge in [0.05, 0.1) is 18.1 Å². The fraction of sp³-hybridized carbons (Fsp3) is 0.467. The number of sulfonamides is 1. The summed E-state index contributed by atoms with van der Waals surface area (Å²) in [6.45, 7) is 2.17. The van der Waals surface area contributed by atoms with Gasteiger partial charge in [0, 0.05) is 31.6 Å². The summed E-state index contributed by atoms with van der Waals surface area (Å²) >= 11 is 0. The van der Waals surface area contributed by atoms with Crippen molar-refractivity contribution in [3.8, 4) is 0 Å². The Morgan fingerprint density at radius 2 is 1.75 bits per heavy atom. The third-order valence-corrected chi connectivity index (χ3v) is 5.08. The number of carbonyl (C=O) groups is 2. The minimum Gasteiger partial charge on any atom is -0.378 e. The van der Waals surface area contributed by atoms with Gasteiger partial charge in [0.1, 0.15) is 0 Å². The normalized spacial score (nSPS) is 15.1. The second-order valence-corrected chi connectivity index (χ2v) is 7.16. The maximum Gasteiger partial charge on any atom is 0.240 e. The highest BCUT2D eigenvalue weighted by Crippen LogP contribution is 2.14. The van der Waals surface area contributed by atoms with Crippen molar-refractivity contribution in [2.45, 2.75) is 17.7 Å². The first-order valence-electron chi connectivity index (χ1n) is 7.61. The van der Waals surface area contributed by atoms with E-state index in [0.29, 0.717) is 32.0 Å². The number of nitrogens with zero attached hydrogens (tertiary/aromatic N) is 1. The Balaban J connectivity index is 1.83. The number of carbonyl (C=O) groups excluding carboxylic acids is 2. The molecule has 1 aromatic carbocycles.